The predicted molar refractivity (Wildman–Crippen MR) is 98.2 cm³/mol. The average molecular weight is 412 g/mol. The molecule has 0 aromatic rings. The largest absolute Gasteiger partial charge is 0.459 e. The number of aliphatic hydroxyl groups excluding tert-OH is 2. The highest BCUT2D eigenvalue weighted by molar-refractivity contribution is 5.89. The molecule has 2 aliphatic carbocycles. The summed E-state index contributed by atoms with van der Waals surface area (Å²) in [6, 6.07) is 0. The van der Waals surface area contributed by atoms with Gasteiger partial charge in [-0.05, 0) is 24.2 Å². The van der Waals surface area contributed by atoms with Gasteiger partial charge in [-0.2, -0.15) is 0 Å². The maximum absolute atomic E-state index is 13.3. The highest BCUT2D eigenvalue weighted by atomic mass is 16.8. The van der Waals surface area contributed by atoms with Crippen LogP contribution < -0.4 is 0 Å². The second-order valence-corrected chi connectivity index (χ2v) is 10.8. The van der Waals surface area contributed by atoms with Crippen LogP contribution in [0.3, 0.4) is 0 Å². The summed E-state index contributed by atoms with van der Waals surface area (Å²) in [6.45, 7) is 8.39. The van der Waals surface area contributed by atoms with Crippen molar-refractivity contribution in [2.24, 2.45) is 28.1 Å². The molecule has 29 heavy (non-hydrogen) atoms. The van der Waals surface area contributed by atoms with Crippen LogP contribution >= 0.6 is 0 Å². The zero-order valence-corrected chi connectivity index (χ0v) is 16.5. The molecular weight excluding hydrogens is 380 g/mol. The van der Waals surface area contributed by atoms with E-state index in [-0.39, 0.29) is 24.7 Å². The highest BCUT2D eigenvalue weighted by Crippen LogP contribution is 2.84. The lowest BCUT2D eigenvalue weighted by Gasteiger charge is -2.48. The molecular formula is C21H32O8. The molecule has 164 valence electrons. The third-order valence-electron chi connectivity index (χ3n) is 9.12. The van der Waals surface area contributed by atoms with Crippen molar-refractivity contribution in [3.05, 3.63) is 0 Å². The van der Waals surface area contributed by atoms with E-state index >= 15 is 0 Å². The van der Waals surface area contributed by atoms with E-state index in [1.54, 1.807) is 0 Å². The summed E-state index contributed by atoms with van der Waals surface area (Å²) in [7, 11) is 0. The van der Waals surface area contributed by atoms with Gasteiger partial charge in [-0.3, -0.25) is 0 Å². The van der Waals surface area contributed by atoms with Crippen molar-refractivity contribution in [1.82, 2.24) is 0 Å². The summed E-state index contributed by atoms with van der Waals surface area (Å²) in [5.41, 5.74) is -5.56. The van der Waals surface area contributed by atoms with Crippen LogP contribution in [0.1, 0.15) is 48.0 Å². The molecule has 6 fully saturated rings. The van der Waals surface area contributed by atoms with Crippen molar-refractivity contribution in [1.29, 1.82) is 0 Å². The minimum absolute atomic E-state index is 0. The number of hydrogen-bond acceptors (Lipinski definition) is 8. The van der Waals surface area contributed by atoms with Gasteiger partial charge in [-0.25, -0.2) is 4.79 Å². The summed E-state index contributed by atoms with van der Waals surface area (Å²) < 4.78 is 23.9. The molecule has 6 rings (SSSR count). The Morgan fingerprint density at radius 1 is 1.17 bits per heavy atom. The maximum atomic E-state index is 13.3. The fourth-order valence-electron chi connectivity index (χ4n) is 8.30. The number of ether oxygens (including phenoxy) is 4. The lowest BCUT2D eigenvalue weighted by atomic mass is 9.51. The van der Waals surface area contributed by atoms with Gasteiger partial charge in [0.05, 0.1) is 23.5 Å². The Morgan fingerprint density at radius 3 is 2.52 bits per heavy atom. The summed E-state index contributed by atoms with van der Waals surface area (Å²) in [5, 5.41) is 33.7. The smallest absolute Gasteiger partial charge is 0.342 e. The van der Waals surface area contributed by atoms with Gasteiger partial charge < -0.3 is 34.3 Å². The number of aliphatic hydroxyl groups is 3. The molecule has 0 radical (unpaired) electrons. The van der Waals surface area contributed by atoms with E-state index in [9.17, 15) is 20.1 Å². The standard InChI is InChI=1S/C20H28O8.CH4/c1-8-7-25-11-6-17-10-5-9(16(2,3)4)18(17)12(21)13(22)27-15(18)28-20(17,14(23)26-10)19(8,11)24;/h8-13,15,21-22,24H,5-7H2,1-4H3;1H4/t8-,9+,10?,11?,12+,13+,15?,17?,18?,19-,20-;/m1./s1. The topological polar surface area (TPSA) is 115 Å². The van der Waals surface area contributed by atoms with Crippen LogP contribution in [0.2, 0.25) is 0 Å². The lowest BCUT2D eigenvalue weighted by Crippen LogP contribution is -2.66. The fraction of sp³-hybridized carbons (Fsp3) is 0.952. The molecule has 8 nitrogen and oxygen atoms in total. The van der Waals surface area contributed by atoms with Crippen LogP contribution in [-0.2, 0) is 23.7 Å². The molecule has 0 aromatic carbocycles. The fourth-order valence-corrected chi connectivity index (χ4v) is 8.30. The Morgan fingerprint density at radius 2 is 1.86 bits per heavy atom. The third kappa shape index (κ3) is 1.57. The summed E-state index contributed by atoms with van der Waals surface area (Å²) >= 11 is 0. The number of fused-ring (bicyclic) bond motifs is 1. The van der Waals surface area contributed by atoms with Crippen LogP contribution in [-0.4, -0.2) is 70.0 Å². The Balaban J connectivity index is 0.00000181. The Hall–Kier alpha value is -0.770. The lowest BCUT2D eigenvalue weighted by molar-refractivity contribution is -0.263. The average Bonchev–Trinajstić information content (AvgIpc) is 3.31. The molecule has 2 saturated carbocycles. The van der Waals surface area contributed by atoms with Crippen molar-refractivity contribution >= 4 is 5.97 Å². The zero-order valence-electron chi connectivity index (χ0n) is 16.5. The molecule has 0 amide bonds. The van der Waals surface area contributed by atoms with E-state index in [1.807, 2.05) is 6.92 Å². The first-order chi connectivity index (χ1) is 13.0. The first-order valence-corrected chi connectivity index (χ1v) is 10.2. The number of hydrogen-bond donors (Lipinski definition) is 3. The van der Waals surface area contributed by atoms with Gasteiger partial charge in [0.2, 0.25) is 5.60 Å². The quantitative estimate of drug-likeness (QED) is 0.495. The van der Waals surface area contributed by atoms with E-state index in [4.69, 9.17) is 18.9 Å². The Kier molecular flexibility index (Phi) is 3.59. The van der Waals surface area contributed by atoms with E-state index in [0.717, 1.165) is 0 Å². The van der Waals surface area contributed by atoms with Crippen LogP contribution in [0.15, 0.2) is 0 Å². The van der Waals surface area contributed by atoms with Crippen LogP contribution in [0.25, 0.3) is 0 Å². The zero-order chi connectivity index (χ0) is 20.1. The molecule has 5 unspecified atom stereocenters. The second-order valence-electron chi connectivity index (χ2n) is 10.8. The first kappa shape index (κ1) is 20.2. The van der Waals surface area contributed by atoms with Crippen LogP contribution in [0.4, 0.5) is 0 Å². The number of carbonyl (C=O) groups excluding carboxylic acids is 1. The van der Waals surface area contributed by atoms with Crippen molar-refractivity contribution in [2.75, 3.05) is 6.61 Å². The van der Waals surface area contributed by atoms with E-state index in [2.05, 4.69) is 20.8 Å². The number of esters is 1. The molecule has 11 atom stereocenters. The minimum atomic E-state index is -1.66. The molecule has 3 N–H and O–H groups in total. The van der Waals surface area contributed by atoms with E-state index in [1.165, 1.54) is 0 Å². The molecule has 2 spiro atoms. The normalized spacial score (nSPS) is 61.8. The monoisotopic (exact) mass is 412 g/mol. The van der Waals surface area contributed by atoms with Gasteiger partial charge in [0.15, 0.2) is 12.6 Å². The molecule has 6 aliphatic rings. The molecule has 0 aromatic heterocycles. The van der Waals surface area contributed by atoms with Crippen LogP contribution in [0.5, 0.6) is 0 Å². The van der Waals surface area contributed by atoms with Crippen molar-refractivity contribution in [2.45, 2.75) is 90.1 Å². The van der Waals surface area contributed by atoms with E-state index < -0.39 is 58.9 Å². The van der Waals surface area contributed by atoms with Gasteiger partial charge in [0.1, 0.15) is 17.8 Å². The highest BCUT2D eigenvalue weighted by Gasteiger charge is 2.99. The first-order valence-electron chi connectivity index (χ1n) is 10.2. The summed E-state index contributed by atoms with van der Waals surface area (Å²) in [5.74, 6) is -1.07. The van der Waals surface area contributed by atoms with Crippen LogP contribution in [0, 0.1) is 28.1 Å². The second kappa shape index (κ2) is 5.16. The Bertz CT molecular complexity index is 779. The van der Waals surface area contributed by atoms with Crippen molar-refractivity contribution in [3.8, 4) is 0 Å². The van der Waals surface area contributed by atoms with Gasteiger partial charge in [-0.1, -0.05) is 35.1 Å². The van der Waals surface area contributed by atoms with Gasteiger partial charge in [0, 0.05) is 5.92 Å². The molecule has 8 heteroatoms. The maximum Gasteiger partial charge on any atom is 0.342 e. The minimum Gasteiger partial charge on any atom is -0.459 e. The summed E-state index contributed by atoms with van der Waals surface area (Å²) in [4.78, 5) is 13.3. The van der Waals surface area contributed by atoms with Crippen molar-refractivity contribution < 1.29 is 39.1 Å². The number of carbonyl (C=O) groups is 1. The predicted octanol–water partition coefficient (Wildman–Crippen LogP) is 0.561. The molecule has 0 bridgehead atoms. The molecule has 4 saturated heterocycles. The van der Waals surface area contributed by atoms with Gasteiger partial charge >= 0.3 is 5.97 Å². The van der Waals surface area contributed by atoms with E-state index in [0.29, 0.717) is 19.4 Å². The third-order valence-corrected chi connectivity index (χ3v) is 9.12. The van der Waals surface area contributed by atoms with Gasteiger partial charge in [0.25, 0.3) is 0 Å². The SMILES string of the molecule is C.C[C@@H]1COC2CC34C5C[C@@H](C(C)(C)C)C36C(O[C@H](O)[C@@H]6O)O[C@@]4(C(=O)O5)[C@]21O. The molecule has 4 aliphatic heterocycles. The van der Waals surface area contributed by atoms with Crippen molar-refractivity contribution in [3.63, 3.8) is 0 Å². The van der Waals surface area contributed by atoms with Gasteiger partial charge in [-0.15, -0.1) is 0 Å². The Labute approximate surface area is 170 Å². The summed E-state index contributed by atoms with van der Waals surface area (Å²) in [6.07, 6.45) is -3.90. The number of rotatable bonds is 0. The molecule has 4 heterocycles.